The molecule has 0 bridgehead atoms. The first kappa shape index (κ1) is 14.5. The van der Waals surface area contributed by atoms with Crippen LogP contribution in [0.1, 0.15) is 59.8 Å². The molecule has 0 aromatic rings. The highest BCUT2D eigenvalue weighted by Crippen LogP contribution is 2.21. The van der Waals surface area contributed by atoms with Gasteiger partial charge in [-0.25, -0.2) is 5.01 Å². The van der Waals surface area contributed by atoms with Crippen molar-refractivity contribution in [1.29, 1.82) is 0 Å². The lowest BCUT2D eigenvalue weighted by Gasteiger charge is -2.40. The van der Waals surface area contributed by atoms with Gasteiger partial charge in [0.05, 0.1) is 5.54 Å². The maximum absolute atomic E-state index is 12.1. The van der Waals surface area contributed by atoms with Gasteiger partial charge in [-0.05, 0) is 40.0 Å². The van der Waals surface area contributed by atoms with E-state index in [1.54, 1.807) is 0 Å². The van der Waals surface area contributed by atoms with Crippen LogP contribution in [0.2, 0.25) is 0 Å². The molecule has 0 radical (unpaired) electrons. The summed E-state index contributed by atoms with van der Waals surface area (Å²) < 4.78 is 0. The maximum Gasteiger partial charge on any atom is 0.254 e. The zero-order valence-corrected chi connectivity index (χ0v) is 11.6. The summed E-state index contributed by atoms with van der Waals surface area (Å²) in [5, 5.41) is 2.08. The first-order valence-electron chi connectivity index (χ1n) is 6.76. The summed E-state index contributed by atoms with van der Waals surface area (Å²) >= 11 is 0. The number of nitrogens with two attached hydrogens (primary N) is 1. The van der Waals surface area contributed by atoms with E-state index in [9.17, 15) is 4.79 Å². The van der Waals surface area contributed by atoms with Gasteiger partial charge in [-0.2, -0.15) is 0 Å². The number of nitrogens with zero attached hydrogens (tertiary/aromatic N) is 1. The number of carbonyl (C=O) groups is 1. The molecule has 3 N–H and O–H groups in total. The molecule has 3 atom stereocenters. The van der Waals surface area contributed by atoms with Crippen LogP contribution < -0.4 is 11.2 Å². The molecule has 1 rings (SSSR count). The van der Waals surface area contributed by atoms with Crippen LogP contribution in [0.25, 0.3) is 0 Å². The molecule has 4 heteroatoms. The lowest BCUT2D eigenvalue weighted by Crippen LogP contribution is -2.61. The summed E-state index contributed by atoms with van der Waals surface area (Å²) in [5.41, 5.74) is 8.29. The molecule has 1 amide bonds. The Balaban J connectivity index is 2.60. The molecule has 17 heavy (non-hydrogen) atoms. The molecule has 1 fully saturated rings. The van der Waals surface area contributed by atoms with Crippen molar-refractivity contribution in [2.24, 2.45) is 5.73 Å². The quantitative estimate of drug-likeness (QED) is 0.789. The van der Waals surface area contributed by atoms with Crippen LogP contribution in [0.3, 0.4) is 0 Å². The first-order valence-corrected chi connectivity index (χ1v) is 6.76. The zero-order chi connectivity index (χ0) is 13.1. The average Bonchev–Trinajstić information content (AvgIpc) is 2.23. The van der Waals surface area contributed by atoms with Crippen LogP contribution in [0.5, 0.6) is 0 Å². The monoisotopic (exact) mass is 241 g/mol. The van der Waals surface area contributed by atoms with Crippen molar-refractivity contribution in [3.8, 4) is 0 Å². The minimum absolute atomic E-state index is 0.0556. The van der Waals surface area contributed by atoms with Gasteiger partial charge in [0.2, 0.25) is 0 Å². The molecule has 1 heterocycles. The molecule has 0 aliphatic carbocycles. The number of carbonyl (C=O) groups excluding carboxylic acids is 1. The van der Waals surface area contributed by atoms with E-state index in [1.807, 2.05) is 13.8 Å². The Kier molecular flexibility index (Phi) is 4.95. The van der Waals surface area contributed by atoms with Crippen LogP contribution in [-0.2, 0) is 4.79 Å². The van der Waals surface area contributed by atoms with Crippen LogP contribution in [0.15, 0.2) is 0 Å². The molecule has 1 aliphatic heterocycles. The van der Waals surface area contributed by atoms with Crippen molar-refractivity contribution >= 4 is 5.91 Å². The van der Waals surface area contributed by atoms with Gasteiger partial charge in [0.1, 0.15) is 0 Å². The van der Waals surface area contributed by atoms with Crippen LogP contribution in [-0.4, -0.2) is 28.5 Å². The normalized spacial score (nSPS) is 29.7. The fourth-order valence-corrected chi connectivity index (χ4v) is 2.52. The van der Waals surface area contributed by atoms with E-state index in [2.05, 4.69) is 24.3 Å². The molecular formula is C13H27N3O. The Morgan fingerprint density at radius 2 is 1.94 bits per heavy atom. The summed E-state index contributed by atoms with van der Waals surface area (Å²) in [7, 11) is 0. The van der Waals surface area contributed by atoms with E-state index >= 15 is 0 Å². The Morgan fingerprint density at radius 1 is 1.41 bits per heavy atom. The molecule has 0 aromatic heterocycles. The molecule has 3 unspecified atom stereocenters. The van der Waals surface area contributed by atoms with E-state index in [1.165, 1.54) is 6.42 Å². The van der Waals surface area contributed by atoms with Gasteiger partial charge in [-0.1, -0.05) is 19.8 Å². The van der Waals surface area contributed by atoms with Gasteiger partial charge < -0.3 is 5.73 Å². The number of amides is 1. The first-order chi connectivity index (χ1) is 7.88. The summed E-state index contributed by atoms with van der Waals surface area (Å²) in [6.07, 6.45) is 5.16. The van der Waals surface area contributed by atoms with Gasteiger partial charge >= 0.3 is 0 Å². The van der Waals surface area contributed by atoms with Crippen molar-refractivity contribution in [2.75, 3.05) is 0 Å². The van der Waals surface area contributed by atoms with Gasteiger partial charge in [0, 0.05) is 12.1 Å². The lowest BCUT2D eigenvalue weighted by atomic mass is 9.96. The third-order valence-corrected chi connectivity index (χ3v) is 3.71. The van der Waals surface area contributed by atoms with Crippen molar-refractivity contribution in [1.82, 2.24) is 10.4 Å². The predicted molar refractivity (Wildman–Crippen MR) is 70.3 cm³/mol. The number of nitrogens with one attached hydrogen (secondary N) is 1. The summed E-state index contributed by atoms with van der Waals surface area (Å²) in [6.45, 7) is 8.17. The van der Waals surface area contributed by atoms with Gasteiger partial charge in [0.25, 0.3) is 5.91 Å². The smallest absolute Gasteiger partial charge is 0.254 e. The van der Waals surface area contributed by atoms with Crippen molar-refractivity contribution in [3.63, 3.8) is 0 Å². The highest BCUT2D eigenvalue weighted by atomic mass is 16.2. The number of rotatable bonds is 4. The van der Waals surface area contributed by atoms with Gasteiger partial charge in [-0.3, -0.25) is 10.2 Å². The second-order valence-electron chi connectivity index (χ2n) is 5.64. The summed E-state index contributed by atoms with van der Waals surface area (Å²) in [6, 6.07) is 0.806. The standard InChI is InChI=1S/C13H27N3O/c1-5-9-13(4,14)12(17)15-16-10(2)7-6-8-11(16)3/h10-11H,5-9,14H2,1-4H3,(H,15,17). The topological polar surface area (TPSA) is 58.4 Å². The minimum Gasteiger partial charge on any atom is -0.318 e. The molecule has 0 saturated carbocycles. The number of hydrogen-bond acceptors (Lipinski definition) is 3. The van der Waals surface area contributed by atoms with Gasteiger partial charge in [-0.15, -0.1) is 0 Å². The van der Waals surface area contributed by atoms with E-state index in [-0.39, 0.29) is 5.91 Å². The molecular weight excluding hydrogens is 214 g/mol. The Morgan fingerprint density at radius 3 is 2.41 bits per heavy atom. The highest BCUT2D eigenvalue weighted by Gasteiger charge is 2.32. The second-order valence-corrected chi connectivity index (χ2v) is 5.64. The molecule has 0 spiro atoms. The lowest BCUT2D eigenvalue weighted by molar-refractivity contribution is -0.134. The number of hydrazine groups is 1. The Bertz CT molecular complexity index is 255. The molecule has 1 aliphatic rings. The van der Waals surface area contributed by atoms with Crippen LogP contribution in [0, 0.1) is 0 Å². The van der Waals surface area contributed by atoms with Crippen LogP contribution >= 0.6 is 0 Å². The Labute approximate surface area is 105 Å². The van der Waals surface area contributed by atoms with E-state index in [4.69, 9.17) is 5.73 Å². The van der Waals surface area contributed by atoms with E-state index < -0.39 is 5.54 Å². The third-order valence-electron chi connectivity index (χ3n) is 3.71. The number of piperidine rings is 1. The maximum atomic E-state index is 12.1. The molecule has 4 nitrogen and oxygen atoms in total. The molecule has 100 valence electrons. The average molecular weight is 241 g/mol. The minimum atomic E-state index is -0.758. The van der Waals surface area contributed by atoms with E-state index in [0.29, 0.717) is 12.1 Å². The number of hydrogen-bond donors (Lipinski definition) is 2. The predicted octanol–water partition coefficient (Wildman–Crippen LogP) is 1.80. The fourth-order valence-electron chi connectivity index (χ4n) is 2.52. The van der Waals surface area contributed by atoms with Crippen molar-refractivity contribution in [2.45, 2.75) is 77.4 Å². The largest absolute Gasteiger partial charge is 0.318 e. The molecule has 1 saturated heterocycles. The molecule has 0 aromatic carbocycles. The zero-order valence-electron chi connectivity index (χ0n) is 11.6. The third kappa shape index (κ3) is 3.68. The summed E-state index contributed by atoms with van der Waals surface area (Å²) in [5.74, 6) is -0.0556. The SMILES string of the molecule is CCCC(C)(N)C(=O)NN1C(C)CCCC1C. The highest BCUT2D eigenvalue weighted by molar-refractivity contribution is 5.85. The van der Waals surface area contributed by atoms with Crippen LogP contribution in [0.4, 0.5) is 0 Å². The second kappa shape index (κ2) is 5.83. The Hall–Kier alpha value is -0.610. The van der Waals surface area contributed by atoms with Crippen molar-refractivity contribution < 1.29 is 4.79 Å². The fraction of sp³-hybridized carbons (Fsp3) is 0.923. The van der Waals surface area contributed by atoms with E-state index in [0.717, 1.165) is 25.7 Å². The summed E-state index contributed by atoms with van der Waals surface area (Å²) in [4.78, 5) is 12.1. The van der Waals surface area contributed by atoms with Gasteiger partial charge in [0.15, 0.2) is 0 Å². The van der Waals surface area contributed by atoms with Crippen molar-refractivity contribution in [3.05, 3.63) is 0 Å².